The van der Waals surface area contributed by atoms with Crippen LogP contribution < -0.4 is 10.6 Å². The Morgan fingerprint density at radius 2 is 2.33 bits per heavy atom. The Kier molecular flexibility index (Phi) is 2.62. The number of rotatable bonds is 1. The molecule has 15 heavy (non-hydrogen) atoms. The smallest absolute Gasteiger partial charge is 0.221 e. The van der Waals surface area contributed by atoms with E-state index in [2.05, 4.69) is 23.6 Å². The molecule has 1 aliphatic heterocycles. The molecule has 0 bridgehead atoms. The first kappa shape index (κ1) is 10.0. The van der Waals surface area contributed by atoms with Gasteiger partial charge in [0.1, 0.15) is 0 Å². The van der Waals surface area contributed by atoms with Crippen LogP contribution in [0.5, 0.6) is 0 Å². The zero-order chi connectivity index (χ0) is 10.8. The molecule has 2 rings (SSSR count). The van der Waals surface area contributed by atoms with Crippen molar-refractivity contribution in [1.29, 1.82) is 0 Å². The van der Waals surface area contributed by atoms with Crippen molar-refractivity contribution in [2.75, 3.05) is 10.6 Å². The minimum absolute atomic E-state index is 0.0120. The van der Waals surface area contributed by atoms with Gasteiger partial charge in [-0.15, -0.1) is 0 Å². The molecule has 1 aliphatic rings. The number of fused-ring (bicyclic) bond motifs is 1. The van der Waals surface area contributed by atoms with Gasteiger partial charge in [0.05, 0.1) is 0 Å². The van der Waals surface area contributed by atoms with Gasteiger partial charge >= 0.3 is 0 Å². The lowest BCUT2D eigenvalue weighted by molar-refractivity contribution is -0.114. The van der Waals surface area contributed by atoms with Gasteiger partial charge in [0, 0.05) is 24.3 Å². The summed E-state index contributed by atoms with van der Waals surface area (Å²) < 4.78 is 0. The summed E-state index contributed by atoms with van der Waals surface area (Å²) in [6.45, 7) is 3.71. The van der Waals surface area contributed by atoms with Gasteiger partial charge in [-0.25, -0.2) is 0 Å². The van der Waals surface area contributed by atoms with Crippen LogP contribution in [0.4, 0.5) is 11.4 Å². The highest BCUT2D eigenvalue weighted by atomic mass is 16.1. The fraction of sp³-hybridized carbons (Fsp3) is 0.417. The molecule has 1 aromatic rings. The van der Waals surface area contributed by atoms with Crippen LogP contribution in [0, 0.1) is 0 Å². The summed E-state index contributed by atoms with van der Waals surface area (Å²) in [5.74, 6) is -0.0120. The maximum absolute atomic E-state index is 11.0. The van der Waals surface area contributed by atoms with E-state index in [1.807, 2.05) is 12.1 Å². The van der Waals surface area contributed by atoms with Crippen LogP contribution in [-0.4, -0.2) is 11.9 Å². The molecule has 0 aliphatic carbocycles. The molecule has 0 saturated carbocycles. The van der Waals surface area contributed by atoms with Gasteiger partial charge in [-0.1, -0.05) is 6.07 Å². The largest absolute Gasteiger partial charge is 0.382 e. The monoisotopic (exact) mass is 204 g/mol. The number of benzene rings is 1. The zero-order valence-electron chi connectivity index (χ0n) is 9.13. The van der Waals surface area contributed by atoms with Gasteiger partial charge in [0.2, 0.25) is 5.91 Å². The molecule has 0 fully saturated rings. The SMILES string of the molecule is CC(=O)Nc1cccc2c1CCC(C)N2. The lowest BCUT2D eigenvalue weighted by Crippen LogP contribution is -2.23. The standard InChI is InChI=1S/C12H16N2O/c1-8-6-7-10-11(13-8)4-3-5-12(10)14-9(2)15/h3-5,8,13H,6-7H2,1-2H3,(H,14,15). The molecule has 0 spiro atoms. The molecule has 80 valence electrons. The highest BCUT2D eigenvalue weighted by Crippen LogP contribution is 2.30. The molecule has 0 saturated heterocycles. The van der Waals surface area contributed by atoms with E-state index < -0.39 is 0 Å². The van der Waals surface area contributed by atoms with E-state index in [4.69, 9.17) is 0 Å². The molecule has 1 aromatic carbocycles. The second-order valence-corrected chi connectivity index (χ2v) is 4.10. The Morgan fingerprint density at radius 3 is 3.07 bits per heavy atom. The third kappa shape index (κ3) is 2.12. The highest BCUT2D eigenvalue weighted by Gasteiger charge is 2.16. The van der Waals surface area contributed by atoms with Crippen molar-refractivity contribution < 1.29 is 4.79 Å². The number of anilines is 2. The lowest BCUT2D eigenvalue weighted by Gasteiger charge is -2.26. The maximum Gasteiger partial charge on any atom is 0.221 e. The van der Waals surface area contributed by atoms with E-state index in [0.717, 1.165) is 24.2 Å². The summed E-state index contributed by atoms with van der Waals surface area (Å²) in [7, 11) is 0. The van der Waals surface area contributed by atoms with Crippen LogP contribution in [0.3, 0.4) is 0 Å². The Labute approximate surface area is 89.9 Å². The van der Waals surface area contributed by atoms with Crippen molar-refractivity contribution in [2.24, 2.45) is 0 Å². The molecular formula is C12H16N2O. The minimum atomic E-state index is -0.0120. The third-order valence-electron chi connectivity index (χ3n) is 2.72. The second kappa shape index (κ2) is 3.93. The molecule has 0 aromatic heterocycles. The van der Waals surface area contributed by atoms with Gasteiger partial charge in [-0.2, -0.15) is 0 Å². The first-order valence-corrected chi connectivity index (χ1v) is 5.33. The Bertz CT molecular complexity index is 387. The first-order chi connectivity index (χ1) is 7.16. The molecule has 2 N–H and O–H groups in total. The maximum atomic E-state index is 11.0. The fourth-order valence-electron chi connectivity index (χ4n) is 2.00. The topological polar surface area (TPSA) is 41.1 Å². The molecular weight excluding hydrogens is 188 g/mol. The number of carbonyl (C=O) groups is 1. The van der Waals surface area contributed by atoms with E-state index in [9.17, 15) is 4.79 Å². The molecule has 3 heteroatoms. The van der Waals surface area contributed by atoms with E-state index in [1.165, 1.54) is 12.5 Å². The van der Waals surface area contributed by atoms with Crippen molar-refractivity contribution in [3.05, 3.63) is 23.8 Å². The summed E-state index contributed by atoms with van der Waals surface area (Å²) in [5.41, 5.74) is 3.32. The zero-order valence-corrected chi connectivity index (χ0v) is 9.13. The normalized spacial score (nSPS) is 18.9. The molecule has 1 unspecified atom stereocenters. The van der Waals surface area contributed by atoms with Gasteiger partial charge in [0.15, 0.2) is 0 Å². The van der Waals surface area contributed by atoms with E-state index >= 15 is 0 Å². The van der Waals surface area contributed by atoms with Crippen molar-refractivity contribution >= 4 is 17.3 Å². The van der Waals surface area contributed by atoms with Crippen molar-refractivity contribution in [2.45, 2.75) is 32.7 Å². The van der Waals surface area contributed by atoms with E-state index in [1.54, 1.807) is 0 Å². The number of nitrogens with one attached hydrogen (secondary N) is 2. The minimum Gasteiger partial charge on any atom is -0.382 e. The van der Waals surface area contributed by atoms with Gasteiger partial charge in [0.25, 0.3) is 0 Å². The Hall–Kier alpha value is -1.51. The van der Waals surface area contributed by atoms with E-state index in [0.29, 0.717) is 6.04 Å². The van der Waals surface area contributed by atoms with Crippen LogP contribution >= 0.6 is 0 Å². The summed E-state index contributed by atoms with van der Waals surface area (Å²) in [6, 6.07) is 6.51. The van der Waals surface area contributed by atoms with Gasteiger partial charge in [-0.3, -0.25) is 4.79 Å². The molecule has 0 radical (unpaired) electrons. The average Bonchev–Trinajstić information content (AvgIpc) is 2.16. The number of amides is 1. The van der Waals surface area contributed by atoms with Gasteiger partial charge < -0.3 is 10.6 Å². The predicted octanol–water partition coefficient (Wildman–Crippen LogP) is 2.39. The summed E-state index contributed by atoms with van der Waals surface area (Å²) in [5, 5.41) is 6.29. The third-order valence-corrected chi connectivity index (χ3v) is 2.72. The Balaban J connectivity index is 2.33. The van der Waals surface area contributed by atoms with Crippen LogP contribution in [0.15, 0.2) is 18.2 Å². The number of hydrogen-bond acceptors (Lipinski definition) is 2. The highest BCUT2D eigenvalue weighted by molar-refractivity contribution is 5.90. The first-order valence-electron chi connectivity index (χ1n) is 5.33. The number of carbonyl (C=O) groups excluding carboxylic acids is 1. The predicted molar refractivity (Wildman–Crippen MR) is 62.2 cm³/mol. The lowest BCUT2D eigenvalue weighted by atomic mass is 9.97. The summed E-state index contributed by atoms with van der Waals surface area (Å²) >= 11 is 0. The molecule has 1 amide bonds. The quantitative estimate of drug-likeness (QED) is 0.737. The average molecular weight is 204 g/mol. The Morgan fingerprint density at radius 1 is 1.53 bits per heavy atom. The summed E-state index contributed by atoms with van der Waals surface area (Å²) in [6.07, 6.45) is 2.14. The van der Waals surface area contributed by atoms with Gasteiger partial charge in [-0.05, 0) is 37.5 Å². The van der Waals surface area contributed by atoms with Crippen LogP contribution in [0.1, 0.15) is 25.8 Å². The van der Waals surface area contributed by atoms with Crippen molar-refractivity contribution in [3.8, 4) is 0 Å². The summed E-state index contributed by atoms with van der Waals surface area (Å²) in [4.78, 5) is 11.0. The fourth-order valence-corrected chi connectivity index (χ4v) is 2.00. The van der Waals surface area contributed by atoms with Crippen LogP contribution in [0.25, 0.3) is 0 Å². The van der Waals surface area contributed by atoms with Crippen molar-refractivity contribution in [1.82, 2.24) is 0 Å². The molecule has 1 heterocycles. The van der Waals surface area contributed by atoms with Crippen LogP contribution in [-0.2, 0) is 11.2 Å². The number of hydrogen-bond donors (Lipinski definition) is 2. The molecule has 3 nitrogen and oxygen atoms in total. The molecule has 1 atom stereocenters. The second-order valence-electron chi connectivity index (χ2n) is 4.10. The van der Waals surface area contributed by atoms with Crippen molar-refractivity contribution in [3.63, 3.8) is 0 Å². The van der Waals surface area contributed by atoms with Crippen LogP contribution in [0.2, 0.25) is 0 Å². The van der Waals surface area contributed by atoms with E-state index in [-0.39, 0.29) is 5.91 Å².